The zero-order valence-electron chi connectivity index (χ0n) is 16.2. The van der Waals surface area contributed by atoms with Crippen molar-refractivity contribution in [2.45, 2.75) is 20.0 Å². The van der Waals surface area contributed by atoms with Gasteiger partial charge in [0.15, 0.2) is 5.96 Å². The molecule has 7 nitrogen and oxygen atoms in total. The number of benzene rings is 1. The van der Waals surface area contributed by atoms with Gasteiger partial charge in [-0.1, -0.05) is 18.2 Å². The monoisotopic (exact) mass is 492 g/mol. The van der Waals surface area contributed by atoms with Crippen LogP contribution in [0.3, 0.4) is 0 Å². The van der Waals surface area contributed by atoms with Crippen LogP contribution in [0.4, 0.5) is 0 Å². The van der Waals surface area contributed by atoms with Crippen molar-refractivity contribution < 1.29 is 4.74 Å². The molecule has 0 fully saturated rings. The Morgan fingerprint density at radius 3 is 2.25 bits per heavy atom. The lowest BCUT2D eigenvalue weighted by Crippen LogP contribution is -2.36. The van der Waals surface area contributed by atoms with E-state index in [1.165, 1.54) is 0 Å². The molecule has 0 aliphatic carbocycles. The van der Waals surface area contributed by atoms with E-state index in [1.54, 1.807) is 20.4 Å². The largest absolute Gasteiger partial charge is 0.497 e. The van der Waals surface area contributed by atoms with Gasteiger partial charge in [-0.3, -0.25) is 9.56 Å². The van der Waals surface area contributed by atoms with Crippen molar-refractivity contribution in [2.24, 2.45) is 4.99 Å². The summed E-state index contributed by atoms with van der Waals surface area (Å²) >= 11 is 0. The van der Waals surface area contributed by atoms with Crippen LogP contribution < -0.4 is 15.4 Å². The Morgan fingerprint density at radius 1 is 1.04 bits per heavy atom. The van der Waals surface area contributed by atoms with Crippen LogP contribution in [0, 0.1) is 6.92 Å². The average Bonchev–Trinajstić information content (AvgIpc) is 3.15. The topological polar surface area (TPSA) is 76.4 Å². The molecule has 0 bridgehead atoms. The molecule has 2 N–H and O–H groups in total. The van der Waals surface area contributed by atoms with Gasteiger partial charge in [0, 0.05) is 38.7 Å². The van der Waals surface area contributed by atoms with Gasteiger partial charge in [0.05, 0.1) is 7.11 Å². The SMILES string of the molecule is CN=C(NCc1ccc(OC)cc1)NCc1ccc(-n2ccnc2C)nc1.I. The fourth-order valence-electron chi connectivity index (χ4n) is 2.62. The van der Waals surface area contributed by atoms with E-state index >= 15 is 0 Å². The normalized spacial score (nSPS) is 10.9. The van der Waals surface area contributed by atoms with Crippen molar-refractivity contribution in [2.75, 3.05) is 14.2 Å². The van der Waals surface area contributed by atoms with Crippen LogP contribution in [-0.2, 0) is 13.1 Å². The summed E-state index contributed by atoms with van der Waals surface area (Å²) in [6, 6.07) is 12.0. The lowest BCUT2D eigenvalue weighted by atomic mass is 10.2. The number of aryl methyl sites for hydroxylation is 1. The second-order valence-corrected chi connectivity index (χ2v) is 6.00. The van der Waals surface area contributed by atoms with Crippen molar-refractivity contribution in [3.8, 4) is 11.6 Å². The van der Waals surface area contributed by atoms with Crippen LogP contribution in [0.25, 0.3) is 5.82 Å². The predicted octanol–water partition coefficient (Wildman–Crippen LogP) is 3.07. The maximum atomic E-state index is 5.17. The standard InChI is InChI=1S/C20H24N6O.HI/c1-15-22-10-11-26(15)19-9-6-17(13-23-19)14-25-20(21-2)24-12-16-4-7-18(27-3)8-5-16;/h4-11,13H,12,14H2,1-3H3,(H2,21,24,25);1H. The molecule has 0 aliphatic heterocycles. The zero-order valence-corrected chi connectivity index (χ0v) is 18.5. The number of aliphatic imine (C=N–C) groups is 1. The van der Waals surface area contributed by atoms with E-state index in [0.29, 0.717) is 13.1 Å². The Labute approximate surface area is 182 Å². The minimum absolute atomic E-state index is 0. The zero-order chi connectivity index (χ0) is 19.1. The van der Waals surface area contributed by atoms with Crippen molar-refractivity contribution in [3.05, 3.63) is 71.9 Å². The number of nitrogens with zero attached hydrogens (tertiary/aromatic N) is 4. The maximum Gasteiger partial charge on any atom is 0.191 e. The van der Waals surface area contributed by atoms with E-state index in [9.17, 15) is 0 Å². The molecule has 2 heterocycles. The molecule has 0 amide bonds. The number of hydrogen-bond donors (Lipinski definition) is 2. The quantitative estimate of drug-likeness (QED) is 0.314. The number of ether oxygens (including phenoxy) is 1. The maximum absolute atomic E-state index is 5.17. The van der Waals surface area contributed by atoms with Crippen LogP contribution in [-0.4, -0.2) is 34.7 Å². The summed E-state index contributed by atoms with van der Waals surface area (Å²) in [7, 11) is 3.42. The van der Waals surface area contributed by atoms with Gasteiger partial charge < -0.3 is 15.4 Å². The third kappa shape index (κ3) is 5.69. The molecular formula is C20H25IN6O. The first kappa shape index (κ1) is 21.7. The number of halogens is 1. The lowest BCUT2D eigenvalue weighted by molar-refractivity contribution is 0.414. The summed E-state index contributed by atoms with van der Waals surface area (Å²) in [5.41, 5.74) is 2.23. The molecule has 0 aliphatic rings. The van der Waals surface area contributed by atoms with Crippen LogP contribution in [0.1, 0.15) is 17.0 Å². The van der Waals surface area contributed by atoms with Gasteiger partial charge in [-0.05, 0) is 36.2 Å². The molecule has 1 aromatic carbocycles. The third-order valence-electron chi connectivity index (χ3n) is 4.18. The summed E-state index contributed by atoms with van der Waals surface area (Å²) in [5, 5.41) is 6.60. The van der Waals surface area contributed by atoms with Gasteiger partial charge >= 0.3 is 0 Å². The van der Waals surface area contributed by atoms with E-state index in [-0.39, 0.29) is 24.0 Å². The lowest BCUT2D eigenvalue weighted by Gasteiger charge is -2.12. The fraction of sp³-hybridized carbons (Fsp3) is 0.250. The minimum atomic E-state index is 0. The third-order valence-corrected chi connectivity index (χ3v) is 4.18. The molecule has 0 saturated heterocycles. The molecule has 0 atom stereocenters. The number of methoxy groups -OCH3 is 1. The van der Waals surface area contributed by atoms with Crippen molar-refractivity contribution in [1.82, 2.24) is 25.2 Å². The first-order chi connectivity index (χ1) is 13.2. The Bertz CT molecular complexity index is 890. The molecule has 0 unspecified atom stereocenters. The summed E-state index contributed by atoms with van der Waals surface area (Å²) in [5.74, 6) is 3.36. The number of pyridine rings is 1. The molecule has 0 radical (unpaired) electrons. The van der Waals surface area contributed by atoms with E-state index in [0.717, 1.165) is 34.5 Å². The predicted molar refractivity (Wildman–Crippen MR) is 122 cm³/mol. The second-order valence-electron chi connectivity index (χ2n) is 6.00. The van der Waals surface area contributed by atoms with E-state index in [1.807, 2.05) is 60.3 Å². The van der Waals surface area contributed by atoms with Crippen LogP contribution >= 0.6 is 24.0 Å². The smallest absolute Gasteiger partial charge is 0.191 e. The van der Waals surface area contributed by atoms with Crippen LogP contribution in [0.2, 0.25) is 0 Å². The van der Waals surface area contributed by atoms with Crippen molar-refractivity contribution in [1.29, 1.82) is 0 Å². The summed E-state index contributed by atoms with van der Waals surface area (Å²) < 4.78 is 7.13. The van der Waals surface area contributed by atoms with E-state index < -0.39 is 0 Å². The Kier molecular flexibility index (Phi) is 8.24. The molecule has 28 heavy (non-hydrogen) atoms. The number of nitrogens with one attached hydrogen (secondary N) is 2. The molecule has 3 rings (SSSR count). The molecule has 0 saturated carbocycles. The minimum Gasteiger partial charge on any atom is -0.497 e. The highest BCUT2D eigenvalue weighted by atomic mass is 127. The van der Waals surface area contributed by atoms with E-state index in [2.05, 4.69) is 25.6 Å². The number of rotatable bonds is 6. The number of aromatic nitrogens is 3. The van der Waals surface area contributed by atoms with Gasteiger partial charge in [-0.2, -0.15) is 0 Å². The van der Waals surface area contributed by atoms with Gasteiger partial charge in [0.25, 0.3) is 0 Å². The molecule has 3 aromatic rings. The highest BCUT2D eigenvalue weighted by molar-refractivity contribution is 14.0. The first-order valence-electron chi connectivity index (χ1n) is 8.72. The van der Waals surface area contributed by atoms with Crippen molar-refractivity contribution >= 4 is 29.9 Å². The number of guanidine groups is 1. The fourth-order valence-corrected chi connectivity index (χ4v) is 2.62. The van der Waals surface area contributed by atoms with Gasteiger partial charge in [-0.25, -0.2) is 9.97 Å². The first-order valence-corrected chi connectivity index (χ1v) is 8.72. The molecule has 2 aromatic heterocycles. The number of imidazole rings is 1. The molecular weight excluding hydrogens is 467 g/mol. The Morgan fingerprint density at radius 2 is 1.71 bits per heavy atom. The summed E-state index contributed by atoms with van der Waals surface area (Å²) in [4.78, 5) is 13.0. The van der Waals surface area contributed by atoms with Crippen LogP contribution in [0.5, 0.6) is 5.75 Å². The van der Waals surface area contributed by atoms with Gasteiger partial charge in [0.1, 0.15) is 17.4 Å². The van der Waals surface area contributed by atoms with E-state index in [4.69, 9.17) is 4.74 Å². The molecule has 8 heteroatoms. The van der Waals surface area contributed by atoms with Crippen LogP contribution in [0.15, 0.2) is 60.0 Å². The Balaban J connectivity index is 0.00000280. The number of hydrogen-bond acceptors (Lipinski definition) is 4. The molecule has 0 spiro atoms. The second kappa shape index (κ2) is 10.6. The highest BCUT2D eigenvalue weighted by Gasteiger charge is 2.03. The van der Waals surface area contributed by atoms with Gasteiger partial charge in [-0.15, -0.1) is 24.0 Å². The highest BCUT2D eigenvalue weighted by Crippen LogP contribution is 2.11. The average molecular weight is 492 g/mol. The van der Waals surface area contributed by atoms with Gasteiger partial charge in [0.2, 0.25) is 0 Å². The summed E-state index contributed by atoms with van der Waals surface area (Å²) in [6.07, 6.45) is 5.53. The Hall–Kier alpha value is -2.62. The molecule has 148 valence electrons. The van der Waals surface area contributed by atoms with Crippen molar-refractivity contribution in [3.63, 3.8) is 0 Å². The summed E-state index contributed by atoms with van der Waals surface area (Å²) in [6.45, 7) is 3.27.